The van der Waals surface area contributed by atoms with Gasteiger partial charge in [0, 0.05) is 37.5 Å². The zero-order valence-corrected chi connectivity index (χ0v) is 16.8. The third-order valence-electron chi connectivity index (χ3n) is 6.19. The van der Waals surface area contributed by atoms with Gasteiger partial charge in [-0.15, -0.1) is 0 Å². The molecule has 0 saturated carbocycles. The van der Waals surface area contributed by atoms with Crippen LogP contribution in [0.5, 0.6) is 0 Å². The highest BCUT2D eigenvalue weighted by Crippen LogP contribution is 2.49. The maximum atomic E-state index is 6.31. The Balaban J connectivity index is 1.71. The van der Waals surface area contributed by atoms with Gasteiger partial charge in [0.15, 0.2) is 0 Å². The smallest absolute Gasteiger partial charge is 0.129 e. The maximum Gasteiger partial charge on any atom is 0.129 e. The van der Waals surface area contributed by atoms with Crippen LogP contribution in [0.3, 0.4) is 0 Å². The van der Waals surface area contributed by atoms with Gasteiger partial charge < -0.3 is 10.2 Å². The molecule has 0 aliphatic carbocycles. The fraction of sp³-hybridized carbons (Fsp3) is 0.524. The van der Waals surface area contributed by atoms with Crippen molar-refractivity contribution in [3.05, 3.63) is 46.5 Å². The summed E-state index contributed by atoms with van der Waals surface area (Å²) in [5.41, 5.74) is 3.46. The topological polar surface area (TPSA) is 46.0 Å². The molecule has 1 unspecified atom stereocenters. The van der Waals surface area contributed by atoms with Gasteiger partial charge in [-0.3, -0.25) is 4.68 Å². The van der Waals surface area contributed by atoms with E-state index in [1.54, 1.807) is 10.9 Å². The Kier molecular flexibility index (Phi) is 5.23. The lowest BCUT2D eigenvalue weighted by atomic mass is 9.62. The summed E-state index contributed by atoms with van der Waals surface area (Å²) in [5, 5.41) is 8.34. The predicted molar refractivity (Wildman–Crippen MR) is 108 cm³/mol. The van der Waals surface area contributed by atoms with Gasteiger partial charge in [0.2, 0.25) is 0 Å². The number of aromatic nitrogens is 3. The first kappa shape index (κ1) is 18.5. The highest BCUT2D eigenvalue weighted by Gasteiger charge is 2.43. The Labute approximate surface area is 166 Å². The second-order valence-electron chi connectivity index (χ2n) is 7.92. The number of aryl methyl sites for hydroxylation is 1. The van der Waals surface area contributed by atoms with E-state index < -0.39 is 0 Å². The lowest BCUT2D eigenvalue weighted by molar-refractivity contribution is 0.0650. The second kappa shape index (κ2) is 7.63. The zero-order chi connectivity index (χ0) is 18.9. The van der Waals surface area contributed by atoms with Crippen LogP contribution in [0, 0.1) is 17.3 Å². The van der Waals surface area contributed by atoms with Gasteiger partial charge in [0.1, 0.15) is 5.15 Å². The van der Waals surface area contributed by atoms with Gasteiger partial charge in [-0.2, -0.15) is 5.10 Å². The predicted octanol–water partition coefficient (Wildman–Crippen LogP) is 2.66. The molecule has 1 atom stereocenters. The number of likely N-dealkylation sites (tertiary alicyclic amines) is 1. The fourth-order valence-electron chi connectivity index (χ4n) is 4.54. The number of hydrogen-bond donors (Lipinski definition) is 1. The quantitative estimate of drug-likeness (QED) is 0.607. The molecule has 2 fully saturated rings. The van der Waals surface area contributed by atoms with Crippen molar-refractivity contribution in [2.24, 2.45) is 12.5 Å². The van der Waals surface area contributed by atoms with Crippen LogP contribution < -0.4 is 5.32 Å². The minimum absolute atomic E-state index is 0.327. The lowest BCUT2D eigenvalue weighted by Gasteiger charge is -2.49. The van der Waals surface area contributed by atoms with Crippen molar-refractivity contribution in [1.29, 1.82) is 0 Å². The number of nitrogens with one attached hydrogen (secondary N) is 1. The summed E-state index contributed by atoms with van der Waals surface area (Å²) in [6.45, 7) is 4.39. The van der Waals surface area contributed by atoms with E-state index in [0.29, 0.717) is 16.5 Å². The van der Waals surface area contributed by atoms with Gasteiger partial charge in [0.05, 0.1) is 11.8 Å². The molecule has 4 rings (SSSR count). The number of rotatable bonds is 1. The molecule has 6 heteroatoms. The molecule has 0 aromatic carbocycles. The number of piperidine rings is 2. The summed E-state index contributed by atoms with van der Waals surface area (Å²) in [4.78, 5) is 6.75. The van der Waals surface area contributed by atoms with Crippen LogP contribution in [0.1, 0.15) is 41.9 Å². The summed E-state index contributed by atoms with van der Waals surface area (Å²) >= 11 is 6.31. The molecular weight excluding hydrogens is 358 g/mol. The summed E-state index contributed by atoms with van der Waals surface area (Å²) in [7, 11) is 4.12. The van der Waals surface area contributed by atoms with E-state index in [2.05, 4.69) is 39.2 Å². The van der Waals surface area contributed by atoms with Gasteiger partial charge >= 0.3 is 0 Å². The molecule has 2 aliphatic rings. The van der Waals surface area contributed by atoms with E-state index in [1.807, 2.05) is 25.5 Å². The first-order valence-corrected chi connectivity index (χ1v) is 9.99. The summed E-state index contributed by atoms with van der Waals surface area (Å²) in [6.07, 6.45) is 9.21. The molecule has 2 aromatic rings. The van der Waals surface area contributed by atoms with E-state index >= 15 is 0 Å². The Morgan fingerprint density at radius 3 is 2.74 bits per heavy atom. The van der Waals surface area contributed by atoms with Crippen LogP contribution in [0.4, 0.5) is 0 Å². The summed E-state index contributed by atoms with van der Waals surface area (Å²) in [5.74, 6) is 6.98. The van der Waals surface area contributed by atoms with Crippen molar-refractivity contribution in [2.75, 3.05) is 33.2 Å². The molecule has 0 radical (unpaired) electrons. The van der Waals surface area contributed by atoms with E-state index in [1.165, 1.54) is 24.8 Å². The van der Waals surface area contributed by atoms with E-state index in [9.17, 15) is 0 Å². The molecular formula is C21H26ClN5. The van der Waals surface area contributed by atoms with Crippen molar-refractivity contribution in [3.8, 4) is 11.8 Å². The Morgan fingerprint density at radius 1 is 1.19 bits per heavy atom. The summed E-state index contributed by atoms with van der Waals surface area (Å²) < 4.78 is 1.77. The highest BCUT2D eigenvalue weighted by atomic mass is 35.5. The van der Waals surface area contributed by atoms with Gasteiger partial charge in [-0.1, -0.05) is 23.4 Å². The average Bonchev–Trinajstić information content (AvgIpc) is 3.09. The molecule has 4 heterocycles. The number of halogens is 1. The minimum atomic E-state index is 0.327. The first-order valence-electron chi connectivity index (χ1n) is 9.61. The van der Waals surface area contributed by atoms with E-state index in [0.717, 1.165) is 37.3 Å². The Hall–Kier alpha value is -1.87. The monoisotopic (exact) mass is 383 g/mol. The van der Waals surface area contributed by atoms with Gasteiger partial charge in [-0.25, -0.2) is 4.98 Å². The SMILES string of the molecule is CN1CCC2(CCNCC2c2cc(Cl)ncc2C#Cc2cnn(C)c2)CC1. The number of pyridine rings is 1. The fourth-order valence-corrected chi connectivity index (χ4v) is 4.71. The first-order chi connectivity index (χ1) is 13.1. The molecule has 2 saturated heterocycles. The second-order valence-corrected chi connectivity index (χ2v) is 8.31. The normalized spacial score (nSPS) is 22.4. The summed E-state index contributed by atoms with van der Waals surface area (Å²) in [6, 6.07) is 2.03. The minimum Gasteiger partial charge on any atom is -0.316 e. The molecule has 27 heavy (non-hydrogen) atoms. The van der Waals surface area contributed by atoms with Crippen LogP contribution in [0.25, 0.3) is 0 Å². The van der Waals surface area contributed by atoms with Crippen LogP contribution in [-0.4, -0.2) is 52.9 Å². The van der Waals surface area contributed by atoms with Gasteiger partial charge in [0.25, 0.3) is 0 Å². The van der Waals surface area contributed by atoms with E-state index in [4.69, 9.17) is 11.6 Å². The molecule has 0 bridgehead atoms. The number of hydrogen-bond acceptors (Lipinski definition) is 4. The zero-order valence-electron chi connectivity index (χ0n) is 16.0. The molecule has 0 amide bonds. The van der Waals surface area contributed by atoms with Crippen LogP contribution in [0.15, 0.2) is 24.7 Å². The van der Waals surface area contributed by atoms with Crippen LogP contribution in [0.2, 0.25) is 5.15 Å². The van der Waals surface area contributed by atoms with Gasteiger partial charge in [-0.05, 0) is 63.0 Å². The molecule has 5 nitrogen and oxygen atoms in total. The molecule has 1 N–H and O–H groups in total. The van der Waals surface area contributed by atoms with Crippen LogP contribution in [-0.2, 0) is 7.05 Å². The standard InChI is InChI=1S/C21H26ClN5/c1-26-9-6-21(7-10-26)5-8-23-14-19(21)18-11-20(22)24-13-17(18)4-3-16-12-25-27(2)15-16/h11-13,15,19,23H,5-10,14H2,1-2H3. The third-order valence-corrected chi connectivity index (χ3v) is 6.40. The van der Waals surface area contributed by atoms with Crippen molar-refractivity contribution in [3.63, 3.8) is 0 Å². The lowest BCUT2D eigenvalue weighted by Crippen LogP contribution is -2.49. The Morgan fingerprint density at radius 2 is 2.00 bits per heavy atom. The number of nitrogens with zero attached hydrogens (tertiary/aromatic N) is 4. The molecule has 142 valence electrons. The van der Waals surface area contributed by atoms with Crippen molar-refractivity contribution in [1.82, 2.24) is 25.0 Å². The van der Waals surface area contributed by atoms with Crippen LogP contribution >= 0.6 is 11.6 Å². The highest BCUT2D eigenvalue weighted by molar-refractivity contribution is 6.29. The Bertz CT molecular complexity index is 870. The molecule has 2 aliphatic heterocycles. The maximum absolute atomic E-state index is 6.31. The van der Waals surface area contributed by atoms with Crippen molar-refractivity contribution >= 4 is 11.6 Å². The molecule has 2 aromatic heterocycles. The molecule has 1 spiro atoms. The van der Waals surface area contributed by atoms with E-state index in [-0.39, 0.29) is 0 Å². The average molecular weight is 384 g/mol. The largest absolute Gasteiger partial charge is 0.316 e. The van der Waals surface area contributed by atoms with Crippen molar-refractivity contribution in [2.45, 2.75) is 25.2 Å². The van der Waals surface area contributed by atoms with Crippen molar-refractivity contribution < 1.29 is 0 Å². The third kappa shape index (κ3) is 3.89.